The maximum atomic E-state index is 13.2. The second kappa shape index (κ2) is 7.02. The van der Waals surface area contributed by atoms with Crippen LogP contribution in [0.4, 0.5) is 4.79 Å². The minimum Gasteiger partial charge on any atom is -0.454 e. The Morgan fingerprint density at radius 3 is 2.90 bits per heavy atom. The van der Waals surface area contributed by atoms with Crippen molar-refractivity contribution in [3.8, 4) is 11.5 Å². The predicted octanol–water partition coefficient (Wildman–Crippen LogP) is 2.61. The average molecular weight is 427 g/mol. The Hall–Kier alpha value is -3.07. The zero-order valence-corrected chi connectivity index (χ0v) is 17.2. The lowest BCUT2D eigenvalue weighted by molar-refractivity contribution is -0.139. The van der Waals surface area contributed by atoms with Crippen molar-refractivity contribution >= 4 is 29.2 Å². The minimum absolute atomic E-state index is 0.0125. The number of imide groups is 1. The molecule has 4 heterocycles. The molecule has 0 radical (unpaired) electrons. The second-order valence-corrected chi connectivity index (χ2v) is 8.75. The van der Waals surface area contributed by atoms with Gasteiger partial charge >= 0.3 is 6.03 Å². The fraction of sp³-hybridized carbons (Fsp3) is 0.381. The first-order chi connectivity index (χ1) is 14.5. The number of urea groups is 1. The highest BCUT2D eigenvalue weighted by molar-refractivity contribution is 7.10. The highest BCUT2D eigenvalue weighted by Gasteiger charge is 2.50. The van der Waals surface area contributed by atoms with Crippen molar-refractivity contribution in [2.75, 3.05) is 19.9 Å². The van der Waals surface area contributed by atoms with E-state index in [4.69, 9.17) is 9.47 Å². The summed E-state index contributed by atoms with van der Waals surface area (Å²) in [5.74, 6) is 0.455. The zero-order chi connectivity index (χ0) is 20.9. The van der Waals surface area contributed by atoms with Crippen molar-refractivity contribution in [2.45, 2.75) is 31.3 Å². The average Bonchev–Trinajstić information content (AvgIpc) is 3.51. The Kier molecular flexibility index (Phi) is 4.43. The van der Waals surface area contributed by atoms with E-state index in [-0.39, 0.29) is 25.3 Å². The van der Waals surface area contributed by atoms with Crippen molar-refractivity contribution in [3.63, 3.8) is 0 Å². The lowest BCUT2D eigenvalue weighted by Gasteiger charge is -2.26. The number of fused-ring (bicyclic) bond motifs is 1. The van der Waals surface area contributed by atoms with Gasteiger partial charge in [0.2, 0.25) is 12.7 Å². The SMILES string of the molecule is CC1(c2ccc3c(c2)OCO3)NC(=O)N(CC(=O)N2CCCC2c2cccs2)C1=O. The van der Waals surface area contributed by atoms with Crippen LogP contribution >= 0.6 is 11.3 Å². The Morgan fingerprint density at radius 1 is 1.27 bits per heavy atom. The van der Waals surface area contributed by atoms with Gasteiger partial charge in [0.15, 0.2) is 11.5 Å². The molecule has 156 valence electrons. The molecule has 8 nitrogen and oxygen atoms in total. The number of nitrogens with one attached hydrogen (secondary N) is 1. The lowest BCUT2D eigenvalue weighted by atomic mass is 9.91. The van der Waals surface area contributed by atoms with Crippen LogP contribution in [0.1, 0.15) is 36.2 Å². The Balaban J connectivity index is 1.35. The van der Waals surface area contributed by atoms with E-state index in [1.54, 1.807) is 41.4 Å². The van der Waals surface area contributed by atoms with E-state index in [2.05, 4.69) is 5.32 Å². The van der Waals surface area contributed by atoms with Gasteiger partial charge in [-0.3, -0.25) is 14.5 Å². The van der Waals surface area contributed by atoms with Crippen LogP contribution in [0.5, 0.6) is 11.5 Å². The number of nitrogens with zero attached hydrogens (tertiary/aromatic N) is 2. The normalized spacial score (nSPS) is 25.2. The lowest BCUT2D eigenvalue weighted by Crippen LogP contribution is -2.44. The van der Waals surface area contributed by atoms with E-state index in [0.717, 1.165) is 22.6 Å². The highest BCUT2D eigenvalue weighted by Crippen LogP contribution is 2.38. The maximum Gasteiger partial charge on any atom is 0.325 e. The standard InChI is InChI=1S/C21H21N3O5S/c1-21(13-6-7-15-16(10-13)29-12-28-15)19(26)24(20(27)22-21)11-18(25)23-8-2-4-14(23)17-5-3-9-30-17/h3,5-7,9-10,14H,2,4,8,11-12H2,1H3,(H,22,27). The second-order valence-electron chi connectivity index (χ2n) is 7.78. The van der Waals surface area contributed by atoms with E-state index in [1.165, 1.54) is 0 Å². The number of amides is 4. The quantitative estimate of drug-likeness (QED) is 0.758. The number of thiophene rings is 1. The third-order valence-corrected chi connectivity index (χ3v) is 6.94. The molecule has 2 saturated heterocycles. The molecule has 1 aromatic carbocycles. The molecule has 0 saturated carbocycles. The number of hydrogen-bond donors (Lipinski definition) is 1. The number of carbonyl (C=O) groups is 3. The Bertz CT molecular complexity index is 1020. The van der Waals surface area contributed by atoms with Crippen LogP contribution in [0.2, 0.25) is 0 Å². The fourth-order valence-electron chi connectivity index (χ4n) is 4.31. The van der Waals surface area contributed by atoms with Crippen molar-refractivity contribution in [2.24, 2.45) is 0 Å². The van der Waals surface area contributed by atoms with Crippen LogP contribution in [0, 0.1) is 0 Å². The van der Waals surface area contributed by atoms with Crippen LogP contribution in [-0.4, -0.2) is 47.5 Å². The molecule has 1 aromatic heterocycles. The molecule has 0 aliphatic carbocycles. The third kappa shape index (κ3) is 2.92. The van der Waals surface area contributed by atoms with Gasteiger partial charge < -0.3 is 19.7 Å². The summed E-state index contributed by atoms with van der Waals surface area (Å²) >= 11 is 1.62. The van der Waals surface area contributed by atoms with Crippen LogP contribution in [-0.2, 0) is 15.1 Å². The van der Waals surface area contributed by atoms with Gasteiger partial charge in [0.25, 0.3) is 5.91 Å². The van der Waals surface area contributed by atoms with Gasteiger partial charge in [0, 0.05) is 11.4 Å². The van der Waals surface area contributed by atoms with E-state index in [0.29, 0.717) is 23.6 Å². The highest BCUT2D eigenvalue weighted by atomic mass is 32.1. The van der Waals surface area contributed by atoms with E-state index in [1.807, 2.05) is 17.5 Å². The molecule has 3 aliphatic rings. The van der Waals surface area contributed by atoms with Gasteiger partial charge in [-0.05, 0) is 48.9 Å². The van der Waals surface area contributed by atoms with Crippen LogP contribution in [0.15, 0.2) is 35.7 Å². The van der Waals surface area contributed by atoms with Crippen LogP contribution in [0.3, 0.4) is 0 Å². The van der Waals surface area contributed by atoms with Crippen LogP contribution < -0.4 is 14.8 Å². The minimum atomic E-state index is -1.27. The summed E-state index contributed by atoms with van der Waals surface area (Å²) in [7, 11) is 0. The molecule has 5 rings (SSSR count). The largest absolute Gasteiger partial charge is 0.454 e. The van der Waals surface area contributed by atoms with Gasteiger partial charge in [-0.15, -0.1) is 11.3 Å². The number of likely N-dealkylation sites (tertiary alicyclic amines) is 1. The maximum absolute atomic E-state index is 13.2. The molecule has 30 heavy (non-hydrogen) atoms. The van der Waals surface area contributed by atoms with Gasteiger partial charge in [-0.1, -0.05) is 12.1 Å². The molecule has 9 heteroatoms. The molecule has 0 spiro atoms. The first-order valence-electron chi connectivity index (χ1n) is 9.84. The summed E-state index contributed by atoms with van der Waals surface area (Å²) in [4.78, 5) is 42.8. The topological polar surface area (TPSA) is 88.2 Å². The van der Waals surface area contributed by atoms with Crippen molar-refractivity contribution < 1.29 is 23.9 Å². The summed E-state index contributed by atoms with van der Waals surface area (Å²) < 4.78 is 10.7. The van der Waals surface area contributed by atoms with E-state index >= 15 is 0 Å². The summed E-state index contributed by atoms with van der Waals surface area (Å²) in [6.45, 7) is 2.12. The number of hydrogen-bond acceptors (Lipinski definition) is 6. The smallest absolute Gasteiger partial charge is 0.325 e. The first-order valence-corrected chi connectivity index (χ1v) is 10.7. The van der Waals surface area contributed by atoms with Gasteiger partial charge in [-0.25, -0.2) is 4.79 Å². The summed E-state index contributed by atoms with van der Waals surface area (Å²) in [5, 5.41) is 4.74. The number of rotatable bonds is 4. The molecule has 3 aliphatic heterocycles. The van der Waals surface area contributed by atoms with Crippen molar-refractivity contribution in [1.29, 1.82) is 0 Å². The zero-order valence-electron chi connectivity index (χ0n) is 16.4. The van der Waals surface area contributed by atoms with E-state index < -0.39 is 17.5 Å². The van der Waals surface area contributed by atoms with E-state index in [9.17, 15) is 14.4 Å². The molecule has 2 fully saturated rings. The molecule has 4 amide bonds. The van der Waals surface area contributed by atoms with Gasteiger partial charge in [0.05, 0.1) is 6.04 Å². The van der Waals surface area contributed by atoms with Gasteiger partial charge in [-0.2, -0.15) is 0 Å². The first kappa shape index (κ1) is 18.9. The molecule has 2 aromatic rings. The third-order valence-electron chi connectivity index (χ3n) is 5.96. The molecular formula is C21H21N3O5S. The van der Waals surface area contributed by atoms with Crippen molar-refractivity contribution in [3.05, 3.63) is 46.2 Å². The summed E-state index contributed by atoms with van der Waals surface area (Å²) in [6.07, 6.45) is 1.80. The molecule has 2 unspecified atom stereocenters. The molecular weight excluding hydrogens is 406 g/mol. The monoisotopic (exact) mass is 427 g/mol. The van der Waals surface area contributed by atoms with Crippen molar-refractivity contribution in [1.82, 2.24) is 15.1 Å². The molecule has 0 bridgehead atoms. The Morgan fingerprint density at radius 2 is 2.10 bits per heavy atom. The predicted molar refractivity (Wildman–Crippen MR) is 108 cm³/mol. The number of benzene rings is 1. The van der Waals surface area contributed by atoms with Crippen LogP contribution in [0.25, 0.3) is 0 Å². The summed E-state index contributed by atoms with van der Waals surface area (Å²) in [5.41, 5.74) is -0.686. The Labute approximate surface area is 177 Å². The number of ether oxygens (including phenoxy) is 2. The summed E-state index contributed by atoms with van der Waals surface area (Å²) in [6, 6.07) is 8.56. The molecule has 1 N–H and O–H groups in total. The van der Waals surface area contributed by atoms with Gasteiger partial charge in [0.1, 0.15) is 12.1 Å². The fourth-order valence-corrected chi connectivity index (χ4v) is 5.19. The molecule has 2 atom stereocenters. The number of carbonyl (C=O) groups excluding carboxylic acids is 3.